The van der Waals surface area contributed by atoms with Crippen molar-refractivity contribution in [2.75, 3.05) is 18.4 Å². The first-order valence-corrected chi connectivity index (χ1v) is 7.53. The minimum Gasteiger partial charge on any atom is -0.325 e. The molecule has 1 unspecified atom stereocenters. The molecule has 1 atom stereocenters. The second-order valence-corrected chi connectivity index (χ2v) is 5.84. The van der Waals surface area contributed by atoms with Gasteiger partial charge >= 0.3 is 0 Å². The van der Waals surface area contributed by atoms with E-state index in [1.54, 1.807) is 0 Å². The van der Waals surface area contributed by atoms with Crippen molar-refractivity contribution in [3.05, 3.63) is 36.0 Å². The Kier molecular flexibility index (Phi) is 3.64. The number of rotatable bonds is 3. The number of anilines is 1. The topological polar surface area (TPSA) is 54.0 Å². The molecule has 1 saturated heterocycles. The van der Waals surface area contributed by atoms with Crippen LogP contribution in [0.2, 0.25) is 0 Å². The van der Waals surface area contributed by atoms with E-state index in [9.17, 15) is 4.79 Å². The Morgan fingerprint density at radius 1 is 1.43 bits per heavy atom. The van der Waals surface area contributed by atoms with Crippen molar-refractivity contribution in [1.82, 2.24) is 10.3 Å². The summed E-state index contributed by atoms with van der Waals surface area (Å²) in [6, 6.07) is 9.87. The third-order valence-electron chi connectivity index (χ3n) is 4.49. The molecule has 3 rings (SSSR count). The Labute approximate surface area is 125 Å². The monoisotopic (exact) mass is 283 g/mol. The number of hydrogen-bond acceptors (Lipinski definition) is 3. The molecule has 0 radical (unpaired) electrons. The predicted molar refractivity (Wildman–Crippen MR) is 85.3 cm³/mol. The van der Waals surface area contributed by atoms with Gasteiger partial charge in [-0.2, -0.15) is 0 Å². The van der Waals surface area contributed by atoms with E-state index < -0.39 is 0 Å². The lowest BCUT2D eigenvalue weighted by molar-refractivity contribution is -0.124. The summed E-state index contributed by atoms with van der Waals surface area (Å²) >= 11 is 0. The Morgan fingerprint density at radius 2 is 2.24 bits per heavy atom. The standard InChI is InChI=1S/C17H21N3O/c1-3-17(8-9-18-11-17)16(21)20-15-10-12(2)19-14-7-5-4-6-13(14)15/h4-7,10,18H,3,8-9,11H2,1-2H3,(H,19,20,21). The summed E-state index contributed by atoms with van der Waals surface area (Å²) in [6.45, 7) is 5.71. The maximum atomic E-state index is 12.8. The van der Waals surface area contributed by atoms with Crippen LogP contribution in [-0.2, 0) is 4.79 Å². The Hall–Kier alpha value is -1.94. The molecule has 0 spiro atoms. The van der Waals surface area contributed by atoms with Crippen LogP contribution in [0.4, 0.5) is 5.69 Å². The van der Waals surface area contributed by atoms with Crippen LogP contribution in [0.1, 0.15) is 25.5 Å². The van der Waals surface area contributed by atoms with E-state index in [-0.39, 0.29) is 11.3 Å². The quantitative estimate of drug-likeness (QED) is 0.910. The van der Waals surface area contributed by atoms with Crippen LogP contribution in [0.15, 0.2) is 30.3 Å². The summed E-state index contributed by atoms with van der Waals surface area (Å²) in [4.78, 5) is 17.3. The van der Waals surface area contributed by atoms with E-state index in [0.717, 1.165) is 48.2 Å². The molecule has 1 aromatic carbocycles. The third-order valence-corrected chi connectivity index (χ3v) is 4.49. The van der Waals surface area contributed by atoms with Crippen molar-refractivity contribution >= 4 is 22.5 Å². The first kappa shape index (κ1) is 14.0. The highest BCUT2D eigenvalue weighted by Crippen LogP contribution is 2.32. The van der Waals surface area contributed by atoms with E-state index in [0.29, 0.717) is 0 Å². The third kappa shape index (κ3) is 2.51. The van der Waals surface area contributed by atoms with Gasteiger partial charge in [-0.25, -0.2) is 0 Å². The second-order valence-electron chi connectivity index (χ2n) is 5.84. The van der Waals surface area contributed by atoms with Crippen molar-refractivity contribution in [1.29, 1.82) is 0 Å². The number of para-hydroxylation sites is 1. The number of hydrogen-bond donors (Lipinski definition) is 2. The molecule has 0 aliphatic carbocycles. The Balaban J connectivity index is 1.96. The maximum Gasteiger partial charge on any atom is 0.231 e. The number of nitrogens with zero attached hydrogens (tertiary/aromatic N) is 1. The van der Waals surface area contributed by atoms with Crippen molar-refractivity contribution in [2.45, 2.75) is 26.7 Å². The van der Waals surface area contributed by atoms with Crippen molar-refractivity contribution in [3.8, 4) is 0 Å². The minimum atomic E-state index is -0.279. The number of pyridine rings is 1. The number of amides is 1. The van der Waals surface area contributed by atoms with Crippen LogP contribution in [0.3, 0.4) is 0 Å². The van der Waals surface area contributed by atoms with Gasteiger partial charge in [-0.05, 0) is 38.4 Å². The SMILES string of the molecule is CCC1(C(=O)Nc2cc(C)nc3ccccc23)CCNC1. The minimum absolute atomic E-state index is 0.116. The zero-order valence-electron chi connectivity index (χ0n) is 12.6. The van der Waals surface area contributed by atoms with E-state index in [2.05, 4.69) is 22.5 Å². The van der Waals surface area contributed by atoms with Gasteiger partial charge in [-0.3, -0.25) is 9.78 Å². The molecular weight excluding hydrogens is 262 g/mol. The molecule has 0 saturated carbocycles. The van der Waals surface area contributed by atoms with Gasteiger partial charge in [-0.15, -0.1) is 0 Å². The molecule has 2 N–H and O–H groups in total. The summed E-state index contributed by atoms with van der Waals surface area (Å²) in [5, 5.41) is 7.44. The van der Waals surface area contributed by atoms with Gasteiger partial charge in [0.15, 0.2) is 0 Å². The lowest BCUT2D eigenvalue weighted by atomic mass is 9.83. The molecule has 110 valence electrons. The number of fused-ring (bicyclic) bond motifs is 1. The molecule has 1 fully saturated rings. The highest BCUT2D eigenvalue weighted by atomic mass is 16.2. The van der Waals surface area contributed by atoms with E-state index in [1.165, 1.54) is 0 Å². The van der Waals surface area contributed by atoms with E-state index in [1.807, 2.05) is 37.3 Å². The van der Waals surface area contributed by atoms with Gasteiger partial charge in [0, 0.05) is 17.6 Å². The van der Waals surface area contributed by atoms with Crippen LogP contribution in [0.5, 0.6) is 0 Å². The molecule has 0 bridgehead atoms. The largest absolute Gasteiger partial charge is 0.325 e. The highest BCUT2D eigenvalue weighted by Gasteiger charge is 2.39. The van der Waals surface area contributed by atoms with Gasteiger partial charge in [0.1, 0.15) is 0 Å². The molecule has 1 amide bonds. The van der Waals surface area contributed by atoms with Gasteiger partial charge in [0.25, 0.3) is 0 Å². The predicted octanol–water partition coefficient (Wildman–Crippen LogP) is 2.87. The fraction of sp³-hybridized carbons (Fsp3) is 0.412. The van der Waals surface area contributed by atoms with Crippen LogP contribution in [-0.4, -0.2) is 24.0 Å². The average molecular weight is 283 g/mol. The van der Waals surface area contributed by atoms with Gasteiger partial charge in [-0.1, -0.05) is 25.1 Å². The zero-order valence-corrected chi connectivity index (χ0v) is 12.6. The Morgan fingerprint density at radius 3 is 2.95 bits per heavy atom. The van der Waals surface area contributed by atoms with E-state index in [4.69, 9.17) is 0 Å². The van der Waals surface area contributed by atoms with Gasteiger partial charge < -0.3 is 10.6 Å². The average Bonchev–Trinajstić information content (AvgIpc) is 2.97. The molecule has 4 heteroatoms. The summed E-state index contributed by atoms with van der Waals surface area (Å²) in [7, 11) is 0. The highest BCUT2D eigenvalue weighted by molar-refractivity contribution is 6.03. The molecule has 2 heterocycles. The maximum absolute atomic E-state index is 12.8. The van der Waals surface area contributed by atoms with Gasteiger partial charge in [0.05, 0.1) is 16.6 Å². The fourth-order valence-electron chi connectivity index (χ4n) is 3.07. The first-order valence-electron chi connectivity index (χ1n) is 7.53. The number of aromatic nitrogens is 1. The van der Waals surface area contributed by atoms with Crippen LogP contribution in [0, 0.1) is 12.3 Å². The smallest absolute Gasteiger partial charge is 0.231 e. The summed E-state index contributed by atoms with van der Waals surface area (Å²) in [5.74, 6) is 0.116. The van der Waals surface area contributed by atoms with E-state index >= 15 is 0 Å². The molecule has 21 heavy (non-hydrogen) atoms. The molecule has 4 nitrogen and oxygen atoms in total. The number of benzene rings is 1. The fourth-order valence-corrected chi connectivity index (χ4v) is 3.07. The summed E-state index contributed by atoms with van der Waals surface area (Å²) in [5.41, 5.74) is 2.42. The molecule has 2 aromatic rings. The lowest BCUT2D eigenvalue weighted by Gasteiger charge is -2.25. The summed E-state index contributed by atoms with van der Waals surface area (Å²) < 4.78 is 0. The molecule has 1 aromatic heterocycles. The molecule has 1 aliphatic rings. The number of aryl methyl sites for hydroxylation is 1. The van der Waals surface area contributed by atoms with Crippen molar-refractivity contribution in [3.63, 3.8) is 0 Å². The van der Waals surface area contributed by atoms with Crippen molar-refractivity contribution in [2.24, 2.45) is 5.41 Å². The zero-order chi connectivity index (χ0) is 14.9. The van der Waals surface area contributed by atoms with Gasteiger partial charge in [0.2, 0.25) is 5.91 Å². The summed E-state index contributed by atoms with van der Waals surface area (Å²) in [6.07, 6.45) is 1.76. The second kappa shape index (κ2) is 5.45. The lowest BCUT2D eigenvalue weighted by Crippen LogP contribution is -2.37. The number of carbonyl (C=O) groups excluding carboxylic acids is 1. The normalized spacial score (nSPS) is 21.6. The van der Waals surface area contributed by atoms with Crippen LogP contribution in [0.25, 0.3) is 10.9 Å². The number of nitrogens with one attached hydrogen (secondary N) is 2. The molecule has 1 aliphatic heterocycles. The number of carbonyl (C=O) groups is 1. The van der Waals surface area contributed by atoms with Crippen LogP contribution >= 0.6 is 0 Å². The first-order chi connectivity index (χ1) is 10.1. The van der Waals surface area contributed by atoms with Crippen LogP contribution < -0.4 is 10.6 Å². The Bertz CT molecular complexity index is 675. The molecular formula is C17H21N3O. The van der Waals surface area contributed by atoms with Crippen molar-refractivity contribution < 1.29 is 4.79 Å².